The summed E-state index contributed by atoms with van der Waals surface area (Å²) in [4.78, 5) is 12.7. The van der Waals surface area contributed by atoms with Gasteiger partial charge in [-0.2, -0.15) is 0 Å². The molecule has 1 aliphatic rings. The molecule has 104 valence electrons. The minimum absolute atomic E-state index is 0.137. The highest BCUT2D eigenvalue weighted by Crippen LogP contribution is 2.32. The van der Waals surface area contributed by atoms with Crippen molar-refractivity contribution in [2.75, 3.05) is 0 Å². The third-order valence-corrected chi connectivity index (χ3v) is 5.46. The van der Waals surface area contributed by atoms with Crippen LogP contribution in [0.5, 0.6) is 0 Å². The van der Waals surface area contributed by atoms with E-state index in [9.17, 15) is 4.79 Å². The van der Waals surface area contributed by atoms with E-state index in [0.717, 1.165) is 24.8 Å². The molecule has 0 saturated carbocycles. The van der Waals surface area contributed by atoms with Crippen LogP contribution in [0.2, 0.25) is 0 Å². The van der Waals surface area contributed by atoms with E-state index < -0.39 is 0 Å². The Balaban J connectivity index is 1.65. The van der Waals surface area contributed by atoms with Crippen LogP contribution in [-0.2, 0) is 12.8 Å². The molecule has 1 aliphatic carbocycles. The van der Waals surface area contributed by atoms with Gasteiger partial charge in [0.25, 0.3) is 0 Å². The number of carbonyl (C=O) groups is 1. The van der Waals surface area contributed by atoms with E-state index in [4.69, 9.17) is 0 Å². The molecule has 0 radical (unpaired) electrons. The largest absolute Gasteiger partial charge is 0.294 e. The Kier molecular flexibility index (Phi) is 3.12. The van der Waals surface area contributed by atoms with Crippen LogP contribution in [-0.4, -0.2) is 5.78 Å². The number of carbonyl (C=O) groups excluding carboxylic acids is 1. The Morgan fingerprint density at radius 1 is 1.05 bits per heavy atom. The van der Waals surface area contributed by atoms with E-state index in [1.54, 1.807) is 11.3 Å². The van der Waals surface area contributed by atoms with Crippen molar-refractivity contribution in [3.63, 3.8) is 0 Å². The molecule has 21 heavy (non-hydrogen) atoms. The van der Waals surface area contributed by atoms with Crippen molar-refractivity contribution in [2.45, 2.75) is 19.3 Å². The third-order valence-electron chi connectivity index (χ3n) is 4.44. The molecule has 0 saturated heterocycles. The zero-order valence-corrected chi connectivity index (χ0v) is 12.5. The molecule has 1 aromatic heterocycles. The predicted molar refractivity (Wildman–Crippen MR) is 88.1 cm³/mol. The maximum absolute atomic E-state index is 12.7. The van der Waals surface area contributed by atoms with Crippen LogP contribution in [0.4, 0.5) is 0 Å². The van der Waals surface area contributed by atoms with E-state index in [1.165, 1.54) is 21.2 Å². The molecule has 0 spiro atoms. The highest BCUT2D eigenvalue weighted by atomic mass is 32.1. The average Bonchev–Trinajstić information content (AvgIpc) is 2.94. The van der Waals surface area contributed by atoms with E-state index in [0.29, 0.717) is 5.78 Å². The van der Waals surface area contributed by atoms with Crippen molar-refractivity contribution in [2.24, 2.45) is 5.92 Å². The summed E-state index contributed by atoms with van der Waals surface area (Å²) < 4.78 is 1.32. The van der Waals surface area contributed by atoms with Gasteiger partial charge in [0.1, 0.15) is 0 Å². The fraction of sp³-hybridized carbons (Fsp3) is 0.211. The quantitative estimate of drug-likeness (QED) is 0.657. The van der Waals surface area contributed by atoms with Crippen LogP contribution in [0.15, 0.2) is 53.9 Å². The summed E-state index contributed by atoms with van der Waals surface area (Å²) in [7, 11) is 0. The minimum atomic E-state index is 0.137. The Labute approximate surface area is 128 Å². The first-order chi connectivity index (χ1) is 10.3. The van der Waals surface area contributed by atoms with Gasteiger partial charge in [-0.15, -0.1) is 11.3 Å². The van der Waals surface area contributed by atoms with Gasteiger partial charge < -0.3 is 0 Å². The number of benzene rings is 2. The summed E-state index contributed by atoms with van der Waals surface area (Å²) in [5.74, 6) is 0.463. The highest BCUT2D eigenvalue weighted by Gasteiger charge is 2.27. The van der Waals surface area contributed by atoms with Crippen LogP contribution in [0.25, 0.3) is 10.1 Å². The van der Waals surface area contributed by atoms with E-state index in [2.05, 4.69) is 35.7 Å². The zero-order chi connectivity index (χ0) is 14.2. The highest BCUT2D eigenvalue weighted by molar-refractivity contribution is 7.17. The molecule has 0 amide bonds. The summed E-state index contributed by atoms with van der Waals surface area (Å²) in [5, 5.41) is 3.53. The molecule has 1 unspecified atom stereocenters. The molecule has 0 bridgehead atoms. The van der Waals surface area contributed by atoms with Crippen molar-refractivity contribution in [3.05, 3.63) is 70.6 Å². The molecular weight excluding hydrogens is 276 g/mol. The van der Waals surface area contributed by atoms with Gasteiger partial charge in [-0.05, 0) is 47.2 Å². The number of aryl methyl sites for hydroxylation is 1. The van der Waals surface area contributed by atoms with Gasteiger partial charge in [0.15, 0.2) is 5.78 Å². The van der Waals surface area contributed by atoms with E-state index in [1.807, 2.05) is 18.2 Å². The van der Waals surface area contributed by atoms with Crippen LogP contribution < -0.4 is 0 Å². The van der Waals surface area contributed by atoms with Gasteiger partial charge in [-0.3, -0.25) is 4.79 Å². The minimum Gasteiger partial charge on any atom is -0.294 e. The maximum atomic E-state index is 12.7. The summed E-state index contributed by atoms with van der Waals surface area (Å²) in [6, 6.07) is 16.5. The maximum Gasteiger partial charge on any atom is 0.166 e. The molecular formula is C19H16OS. The number of thiophene rings is 1. The molecule has 0 N–H and O–H groups in total. The SMILES string of the molecule is O=C1c2ccccc2CCC1Cc1csc2ccccc12. The standard InChI is InChI=1S/C19H16OS/c20-19-14(10-9-13-5-1-2-7-17(13)19)11-15-12-21-18-8-4-3-6-16(15)18/h1-8,12,14H,9-11H2. The van der Waals surface area contributed by atoms with Crippen molar-refractivity contribution in [1.29, 1.82) is 0 Å². The second-order valence-electron chi connectivity index (χ2n) is 5.72. The van der Waals surface area contributed by atoms with Crippen molar-refractivity contribution in [1.82, 2.24) is 0 Å². The van der Waals surface area contributed by atoms with E-state index >= 15 is 0 Å². The normalized spacial score (nSPS) is 17.9. The molecule has 3 aromatic rings. The second kappa shape index (κ2) is 5.12. The van der Waals surface area contributed by atoms with Crippen LogP contribution in [0.3, 0.4) is 0 Å². The molecule has 1 nitrogen and oxygen atoms in total. The van der Waals surface area contributed by atoms with Crippen LogP contribution in [0.1, 0.15) is 27.9 Å². The first-order valence-corrected chi connectivity index (χ1v) is 8.28. The third kappa shape index (κ3) is 2.20. The predicted octanol–water partition coefficient (Wildman–Crippen LogP) is 4.89. The topological polar surface area (TPSA) is 17.1 Å². The number of hydrogen-bond acceptors (Lipinski definition) is 2. The number of Topliss-reactive ketones (excluding diaryl/α,β-unsaturated/α-hetero) is 1. The first-order valence-electron chi connectivity index (χ1n) is 7.40. The molecule has 2 heteroatoms. The summed E-state index contributed by atoms with van der Waals surface area (Å²) >= 11 is 1.78. The van der Waals surface area contributed by atoms with Gasteiger partial charge in [0.2, 0.25) is 0 Å². The molecule has 4 rings (SSSR count). The second-order valence-corrected chi connectivity index (χ2v) is 6.63. The lowest BCUT2D eigenvalue weighted by molar-refractivity contribution is 0.0901. The summed E-state index contributed by atoms with van der Waals surface area (Å²) in [5.41, 5.74) is 3.48. The van der Waals surface area contributed by atoms with Crippen molar-refractivity contribution >= 4 is 27.2 Å². The molecule has 1 atom stereocenters. The fourth-order valence-electron chi connectivity index (χ4n) is 3.31. The van der Waals surface area contributed by atoms with Gasteiger partial charge in [-0.25, -0.2) is 0 Å². The van der Waals surface area contributed by atoms with E-state index in [-0.39, 0.29) is 5.92 Å². The molecule has 0 aliphatic heterocycles. The van der Waals surface area contributed by atoms with Gasteiger partial charge in [-0.1, -0.05) is 42.5 Å². The monoisotopic (exact) mass is 292 g/mol. The zero-order valence-electron chi connectivity index (χ0n) is 11.7. The summed E-state index contributed by atoms with van der Waals surface area (Å²) in [6.45, 7) is 0. The number of hydrogen-bond donors (Lipinski definition) is 0. The molecule has 2 aromatic carbocycles. The summed E-state index contributed by atoms with van der Waals surface area (Å²) in [6.07, 6.45) is 2.87. The Morgan fingerprint density at radius 2 is 1.86 bits per heavy atom. The first kappa shape index (κ1) is 12.8. The average molecular weight is 292 g/mol. The Hall–Kier alpha value is -1.93. The van der Waals surface area contributed by atoms with Crippen LogP contribution >= 0.6 is 11.3 Å². The fourth-order valence-corrected chi connectivity index (χ4v) is 4.29. The molecule has 1 heterocycles. The lowest BCUT2D eigenvalue weighted by Crippen LogP contribution is -2.24. The lowest BCUT2D eigenvalue weighted by Gasteiger charge is -2.23. The van der Waals surface area contributed by atoms with Crippen molar-refractivity contribution < 1.29 is 4.79 Å². The number of fused-ring (bicyclic) bond motifs is 2. The lowest BCUT2D eigenvalue weighted by atomic mass is 9.80. The van der Waals surface area contributed by atoms with Gasteiger partial charge >= 0.3 is 0 Å². The number of rotatable bonds is 2. The number of ketones is 1. The molecule has 0 fully saturated rings. The van der Waals surface area contributed by atoms with Gasteiger partial charge in [0, 0.05) is 16.2 Å². The Morgan fingerprint density at radius 3 is 2.81 bits per heavy atom. The Bertz CT molecular complexity index is 815. The van der Waals surface area contributed by atoms with Crippen LogP contribution in [0, 0.1) is 5.92 Å². The van der Waals surface area contributed by atoms with Crippen molar-refractivity contribution in [3.8, 4) is 0 Å². The van der Waals surface area contributed by atoms with Gasteiger partial charge in [0.05, 0.1) is 0 Å². The smallest absolute Gasteiger partial charge is 0.166 e.